The van der Waals surface area contributed by atoms with Crippen LogP contribution in [0.25, 0.3) is 16.9 Å². The molecule has 0 aliphatic heterocycles. The number of esters is 1. The number of nitrogens with one attached hydrogen (secondary N) is 1. The minimum Gasteiger partial charge on any atom is -0.461 e. The van der Waals surface area contributed by atoms with Crippen molar-refractivity contribution >= 4 is 17.6 Å². The monoisotopic (exact) mass is 443 g/mol. The van der Waals surface area contributed by atoms with Crippen molar-refractivity contribution in [2.45, 2.75) is 20.8 Å². The van der Waals surface area contributed by atoms with Crippen LogP contribution >= 0.6 is 0 Å². The summed E-state index contributed by atoms with van der Waals surface area (Å²) >= 11 is 0. The van der Waals surface area contributed by atoms with Gasteiger partial charge in [-0.2, -0.15) is 10.2 Å². The topological polar surface area (TPSA) is 91.0 Å². The van der Waals surface area contributed by atoms with Gasteiger partial charge in [0.1, 0.15) is 5.69 Å². The molecule has 1 N–H and O–H groups in total. The lowest BCUT2D eigenvalue weighted by atomic mass is 10.1. The van der Waals surface area contributed by atoms with E-state index in [1.807, 2.05) is 62.4 Å². The molecule has 0 atom stereocenters. The summed E-state index contributed by atoms with van der Waals surface area (Å²) in [6.45, 7) is 5.85. The minimum absolute atomic E-state index is 0.216. The van der Waals surface area contributed by atoms with Gasteiger partial charge in [-0.15, -0.1) is 0 Å². The standard InChI is InChI=1S/C25H25N5O3/c1-5-33-25(32)21-15-22(30(28-21)20-11-6-8-16(2)12-20)18-9-7-10-19(14-18)26-24(31)23-13-17(3)27-29(23)4/h6-15H,5H2,1-4H3,(H,26,31). The molecule has 168 valence electrons. The zero-order valence-electron chi connectivity index (χ0n) is 19.0. The number of carbonyl (C=O) groups excluding carboxylic acids is 2. The normalized spacial score (nSPS) is 10.8. The quantitative estimate of drug-likeness (QED) is 0.448. The Bertz CT molecular complexity index is 1340. The van der Waals surface area contributed by atoms with Crippen LogP contribution < -0.4 is 5.32 Å². The summed E-state index contributed by atoms with van der Waals surface area (Å²) in [6.07, 6.45) is 0. The van der Waals surface area contributed by atoms with Gasteiger partial charge >= 0.3 is 5.97 Å². The van der Waals surface area contributed by atoms with Crippen LogP contribution in [0.5, 0.6) is 0 Å². The highest BCUT2D eigenvalue weighted by molar-refractivity contribution is 6.03. The Morgan fingerprint density at radius 1 is 1.00 bits per heavy atom. The second-order valence-electron chi connectivity index (χ2n) is 7.72. The van der Waals surface area contributed by atoms with Crippen LogP contribution in [0, 0.1) is 13.8 Å². The Hall–Kier alpha value is -4.20. The zero-order valence-corrected chi connectivity index (χ0v) is 19.0. The van der Waals surface area contributed by atoms with E-state index in [1.165, 1.54) is 0 Å². The molecular formula is C25H25N5O3. The van der Waals surface area contributed by atoms with E-state index >= 15 is 0 Å². The van der Waals surface area contributed by atoms with Crippen molar-refractivity contribution in [2.75, 3.05) is 11.9 Å². The Labute approximate surface area is 191 Å². The molecule has 0 unspecified atom stereocenters. The van der Waals surface area contributed by atoms with Crippen molar-refractivity contribution in [1.82, 2.24) is 19.6 Å². The number of carbonyl (C=O) groups is 2. The first-order valence-electron chi connectivity index (χ1n) is 10.6. The van der Waals surface area contributed by atoms with Gasteiger partial charge in [-0.05, 0) is 62.7 Å². The number of aromatic nitrogens is 4. The van der Waals surface area contributed by atoms with Crippen molar-refractivity contribution < 1.29 is 14.3 Å². The first-order valence-corrected chi connectivity index (χ1v) is 10.6. The molecule has 0 spiro atoms. The van der Waals surface area contributed by atoms with Crippen molar-refractivity contribution in [3.8, 4) is 16.9 Å². The number of aryl methyl sites for hydroxylation is 3. The second-order valence-corrected chi connectivity index (χ2v) is 7.72. The van der Waals surface area contributed by atoms with Crippen LogP contribution in [0.2, 0.25) is 0 Å². The molecule has 4 aromatic rings. The van der Waals surface area contributed by atoms with Gasteiger partial charge in [0.25, 0.3) is 5.91 Å². The molecule has 0 aliphatic rings. The fraction of sp³-hybridized carbons (Fsp3) is 0.200. The molecular weight excluding hydrogens is 418 g/mol. The molecule has 0 fully saturated rings. The Morgan fingerprint density at radius 2 is 1.79 bits per heavy atom. The Kier molecular flexibility index (Phi) is 6.08. The van der Waals surface area contributed by atoms with E-state index in [9.17, 15) is 9.59 Å². The first-order chi connectivity index (χ1) is 15.9. The number of amides is 1. The molecule has 0 saturated heterocycles. The second kappa shape index (κ2) is 9.12. The van der Waals surface area contributed by atoms with Gasteiger partial charge in [-0.1, -0.05) is 24.3 Å². The minimum atomic E-state index is -0.485. The number of ether oxygens (including phenoxy) is 1. The fourth-order valence-electron chi connectivity index (χ4n) is 3.62. The summed E-state index contributed by atoms with van der Waals surface area (Å²) < 4.78 is 8.41. The lowest BCUT2D eigenvalue weighted by molar-refractivity contribution is 0.0519. The third kappa shape index (κ3) is 4.69. The van der Waals surface area contributed by atoms with Crippen LogP contribution in [-0.4, -0.2) is 38.0 Å². The maximum Gasteiger partial charge on any atom is 0.358 e. The fourth-order valence-corrected chi connectivity index (χ4v) is 3.62. The van der Waals surface area contributed by atoms with Crippen molar-refractivity contribution in [3.05, 3.63) is 83.3 Å². The average Bonchev–Trinajstić information content (AvgIpc) is 3.37. The first kappa shape index (κ1) is 22.0. The lowest BCUT2D eigenvalue weighted by Gasteiger charge is -2.10. The van der Waals surface area contributed by atoms with E-state index in [2.05, 4.69) is 15.5 Å². The molecule has 4 rings (SSSR count). The van der Waals surface area contributed by atoms with Gasteiger partial charge in [0.15, 0.2) is 5.69 Å². The predicted octanol–water partition coefficient (Wildman–Crippen LogP) is 4.32. The Morgan fingerprint density at radius 3 is 2.48 bits per heavy atom. The molecule has 8 nitrogen and oxygen atoms in total. The number of nitrogens with zero attached hydrogens (tertiary/aromatic N) is 4. The Balaban J connectivity index is 1.73. The largest absolute Gasteiger partial charge is 0.461 e. The molecule has 1 amide bonds. The number of anilines is 1. The maximum absolute atomic E-state index is 12.7. The number of benzene rings is 2. The highest BCUT2D eigenvalue weighted by atomic mass is 16.5. The third-order valence-electron chi connectivity index (χ3n) is 5.09. The van der Waals surface area contributed by atoms with E-state index < -0.39 is 5.97 Å². The molecule has 2 heterocycles. The van der Waals surface area contributed by atoms with Crippen molar-refractivity contribution in [3.63, 3.8) is 0 Å². The molecule has 0 aliphatic carbocycles. The lowest BCUT2D eigenvalue weighted by Crippen LogP contribution is -2.16. The smallest absolute Gasteiger partial charge is 0.358 e. The third-order valence-corrected chi connectivity index (χ3v) is 5.09. The summed E-state index contributed by atoms with van der Waals surface area (Å²) in [5, 5.41) is 11.7. The van der Waals surface area contributed by atoms with Crippen molar-refractivity contribution in [2.24, 2.45) is 7.05 Å². The zero-order chi connectivity index (χ0) is 23.5. The number of hydrogen-bond acceptors (Lipinski definition) is 5. The molecule has 0 radical (unpaired) electrons. The summed E-state index contributed by atoms with van der Waals surface area (Å²) in [4.78, 5) is 25.1. The SMILES string of the molecule is CCOC(=O)c1cc(-c2cccc(NC(=O)c3cc(C)nn3C)c2)n(-c2cccc(C)c2)n1. The number of rotatable bonds is 6. The van der Waals surface area contributed by atoms with Crippen molar-refractivity contribution in [1.29, 1.82) is 0 Å². The highest BCUT2D eigenvalue weighted by Crippen LogP contribution is 2.27. The molecule has 33 heavy (non-hydrogen) atoms. The highest BCUT2D eigenvalue weighted by Gasteiger charge is 2.19. The summed E-state index contributed by atoms with van der Waals surface area (Å²) in [5.74, 6) is -0.740. The van der Waals surface area contributed by atoms with Crippen LogP contribution in [0.1, 0.15) is 39.2 Å². The molecule has 0 saturated carbocycles. The predicted molar refractivity (Wildman–Crippen MR) is 126 cm³/mol. The van der Waals surface area contributed by atoms with Gasteiger partial charge < -0.3 is 10.1 Å². The average molecular weight is 444 g/mol. The summed E-state index contributed by atoms with van der Waals surface area (Å²) in [7, 11) is 1.73. The molecule has 8 heteroatoms. The molecule has 2 aromatic heterocycles. The van der Waals surface area contributed by atoms with Gasteiger partial charge in [0.2, 0.25) is 0 Å². The van der Waals surface area contributed by atoms with Crippen LogP contribution in [-0.2, 0) is 11.8 Å². The van der Waals surface area contributed by atoms with Crippen LogP contribution in [0.4, 0.5) is 5.69 Å². The van der Waals surface area contributed by atoms with E-state index in [0.29, 0.717) is 17.1 Å². The maximum atomic E-state index is 12.7. The van der Waals surface area contributed by atoms with E-state index in [0.717, 1.165) is 22.5 Å². The molecule has 2 aromatic carbocycles. The summed E-state index contributed by atoms with van der Waals surface area (Å²) in [5.41, 5.74) is 5.45. The van der Waals surface area contributed by atoms with E-state index in [4.69, 9.17) is 4.74 Å². The van der Waals surface area contributed by atoms with E-state index in [1.54, 1.807) is 35.5 Å². The van der Waals surface area contributed by atoms with E-state index in [-0.39, 0.29) is 18.2 Å². The van der Waals surface area contributed by atoms with Gasteiger partial charge in [-0.25, -0.2) is 9.48 Å². The molecule has 0 bridgehead atoms. The van der Waals surface area contributed by atoms with Crippen LogP contribution in [0.15, 0.2) is 60.7 Å². The van der Waals surface area contributed by atoms with Gasteiger partial charge in [-0.3, -0.25) is 9.48 Å². The number of hydrogen-bond donors (Lipinski definition) is 1. The summed E-state index contributed by atoms with van der Waals surface area (Å²) in [6, 6.07) is 18.7. The van der Waals surface area contributed by atoms with Crippen LogP contribution in [0.3, 0.4) is 0 Å². The van der Waals surface area contributed by atoms with Gasteiger partial charge in [0, 0.05) is 18.3 Å². The van der Waals surface area contributed by atoms with Gasteiger partial charge in [0.05, 0.1) is 23.7 Å².